The van der Waals surface area contributed by atoms with E-state index in [0.717, 1.165) is 0 Å². The molecule has 0 fully saturated rings. The van der Waals surface area contributed by atoms with E-state index in [9.17, 15) is 28.5 Å². The Balaban J connectivity index is 3.49. The molecule has 0 aromatic heterocycles. The molecule has 0 spiro atoms. The van der Waals surface area contributed by atoms with Crippen molar-refractivity contribution in [1.29, 1.82) is 0 Å². The van der Waals surface area contributed by atoms with Gasteiger partial charge in [0.15, 0.2) is 0 Å². The number of carbonyl (C=O) groups is 2. The van der Waals surface area contributed by atoms with Crippen molar-refractivity contribution in [2.45, 2.75) is 26.4 Å². The lowest BCUT2D eigenvalue weighted by Gasteiger charge is -2.24. The predicted octanol–water partition coefficient (Wildman–Crippen LogP) is 3.29. The number of ether oxygens (including phenoxy) is 1. The summed E-state index contributed by atoms with van der Waals surface area (Å²) in [6, 6.07) is 0.565. The Kier molecular flexibility index (Phi) is 4.64. The minimum Gasteiger partial charge on any atom is -0.464 e. The van der Waals surface area contributed by atoms with E-state index in [1.54, 1.807) is 0 Å². The number of halogens is 2. The van der Waals surface area contributed by atoms with E-state index in [1.165, 1.54) is 20.8 Å². The van der Waals surface area contributed by atoms with E-state index < -0.39 is 45.7 Å². The molecule has 8 nitrogen and oxygen atoms in total. The number of carbonyl (C=O) groups excluding carboxylic acids is 1. The average molecular weight is 318 g/mol. The number of amides is 2. The lowest BCUT2D eigenvalue weighted by Crippen LogP contribution is -2.40. The van der Waals surface area contributed by atoms with Gasteiger partial charge in [0, 0.05) is 12.1 Å². The summed E-state index contributed by atoms with van der Waals surface area (Å²) in [5.41, 5.74) is -3.55. The van der Waals surface area contributed by atoms with Crippen molar-refractivity contribution in [2.75, 3.05) is 4.90 Å². The number of anilines is 1. The van der Waals surface area contributed by atoms with Crippen LogP contribution in [0.5, 0.6) is 0 Å². The fourth-order valence-corrected chi connectivity index (χ4v) is 1.49. The molecule has 2 amide bonds. The highest BCUT2D eigenvalue weighted by Gasteiger charge is 2.36. The molecule has 0 aliphatic heterocycles. The molecule has 120 valence electrons. The highest BCUT2D eigenvalue weighted by molar-refractivity contribution is 6.10. The molecule has 0 saturated heterocycles. The van der Waals surface area contributed by atoms with Gasteiger partial charge in [-0.25, -0.2) is 14.0 Å². The van der Waals surface area contributed by atoms with E-state index >= 15 is 0 Å². The summed E-state index contributed by atoms with van der Waals surface area (Å²) < 4.78 is 31.6. The molecular formula is C12H12F2N2O6. The second-order valence-electron chi connectivity index (χ2n) is 5.11. The summed E-state index contributed by atoms with van der Waals surface area (Å²) in [5.74, 6) is -2.90. The Bertz CT molecular complexity index is 641. The summed E-state index contributed by atoms with van der Waals surface area (Å²) in [6.45, 7) is 4.27. The molecular weight excluding hydrogens is 306 g/mol. The Morgan fingerprint density at radius 1 is 1.32 bits per heavy atom. The van der Waals surface area contributed by atoms with Gasteiger partial charge in [0.2, 0.25) is 5.82 Å². The number of benzene rings is 1. The summed E-state index contributed by atoms with van der Waals surface area (Å²) >= 11 is 0. The number of nitro benzene ring substituents is 1. The second-order valence-corrected chi connectivity index (χ2v) is 5.11. The summed E-state index contributed by atoms with van der Waals surface area (Å²) in [4.78, 5) is 32.4. The van der Waals surface area contributed by atoms with Gasteiger partial charge in [-0.15, -0.1) is 0 Å². The molecule has 0 atom stereocenters. The molecule has 10 heteroatoms. The maximum atomic E-state index is 13.5. The first-order valence-corrected chi connectivity index (χ1v) is 5.83. The number of carboxylic acid groups (broad SMARTS) is 1. The van der Waals surface area contributed by atoms with Gasteiger partial charge in [0.1, 0.15) is 17.1 Å². The molecule has 1 aromatic carbocycles. The second kappa shape index (κ2) is 5.92. The van der Waals surface area contributed by atoms with Crippen molar-refractivity contribution in [3.8, 4) is 0 Å². The van der Waals surface area contributed by atoms with Crippen LogP contribution >= 0.6 is 0 Å². The molecule has 22 heavy (non-hydrogen) atoms. The maximum Gasteiger partial charge on any atom is 0.424 e. The van der Waals surface area contributed by atoms with Crippen LogP contribution in [-0.2, 0) is 4.74 Å². The van der Waals surface area contributed by atoms with Crippen molar-refractivity contribution in [3.05, 3.63) is 33.9 Å². The minimum absolute atomic E-state index is 0.205. The molecule has 0 radical (unpaired) electrons. The highest BCUT2D eigenvalue weighted by atomic mass is 19.1. The zero-order valence-electron chi connectivity index (χ0n) is 11.8. The molecule has 1 aromatic rings. The predicted molar refractivity (Wildman–Crippen MR) is 69.8 cm³/mol. The van der Waals surface area contributed by atoms with Gasteiger partial charge in [-0.05, 0) is 20.8 Å². The normalized spacial score (nSPS) is 11.0. The van der Waals surface area contributed by atoms with Gasteiger partial charge in [-0.3, -0.25) is 10.1 Å². The van der Waals surface area contributed by atoms with Crippen molar-refractivity contribution < 1.29 is 33.1 Å². The molecule has 1 rings (SSSR count). The largest absolute Gasteiger partial charge is 0.464 e. The molecule has 0 bridgehead atoms. The number of nitrogens with zero attached hydrogens (tertiary/aromatic N) is 2. The Morgan fingerprint density at radius 2 is 1.86 bits per heavy atom. The third kappa shape index (κ3) is 3.87. The fraction of sp³-hybridized carbons (Fsp3) is 0.333. The van der Waals surface area contributed by atoms with Crippen LogP contribution in [0.2, 0.25) is 0 Å². The van der Waals surface area contributed by atoms with Crippen molar-refractivity contribution in [3.63, 3.8) is 0 Å². The van der Waals surface area contributed by atoms with Gasteiger partial charge in [-0.2, -0.15) is 9.29 Å². The maximum absolute atomic E-state index is 13.5. The fourth-order valence-electron chi connectivity index (χ4n) is 1.49. The van der Waals surface area contributed by atoms with Crippen molar-refractivity contribution in [2.24, 2.45) is 0 Å². The molecule has 0 aliphatic carbocycles. The van der Waals surface area contributed by atoms with E-state index in [0.29, 0.717) is 6.07 Å². The molecule has 0 heterocycles. The summed E-state index contributed by atoms with van der Waals surface area (Å²) in [7, 11) is 0. The Labute approximate surface area is 123 Å². The molecule has 0 saturated carbocycles. The quantitative estimate of drug-likeness (QED) is 0.661. The van der Waals surface area contributed by atoms with Crippen LogP contribution < -0.4 is 4.90 Å². The number of imide groups is 1. The third-order valence-electron chi connectivity index (χ3n) is 2.20. The third-order valence-corrected chi connectivity index (χ3v) is 2.20. The van der Waals surface area contributed by atoms with Crippen LogP contribution in [0.4, 0.5) is 29.7 Å². The van der Waals surface area contributed by atoms with Crippen molar-refractivity contribution in [1.82, 2.24) is 0 Å². The Morgan fingerprint density at radius 3 is 2.27 bits per heavy atom. The first kappa shape index (κ1) is 17.3. The van der Waals surface area contributed by atoms with Gasteiger partial charge in [-0.1, -0.05) is 0 Å². The lowest BCUT2D eigenvalue weighted by molar-refractivity contribution is -0.386. The van der Waals surface area contributed by atoms with Crippen LogP contribution in [0.25, 0.3) is 0 Å². The van der Waals surface area contributed by atoms with Gasteiger partial charge >= 0.3 is 17.9 Å². The standard InChI is InChI=1S/C12H12F2N2O6/c1-12(2,3)22-11(19)15(10(17)18)8-5-6(13)4-7(14)9(8)16(20)21/h4-5H,1-3H3,(H,17,18). The summed E-state index contributed by atoms with van der Waals surface area (Å²) in [6.07, 6.45) is -3.50. The first-order chi connectivity index (χ1) is 9.94. The molecule has 0 aliphatic rings. The number of hydrogen-bond acceptors (Lipinski definition) is 5. The van der Waals surface area contributed by atoms with Gasteiger partial charge in [0.05, 0.1) is 4.92 Å². The zero-order chi connectivity index (χ0) is 17.2. The minimum atomic E-state index is -1.98. The molecule has 1 N–H and O–H groups in total. The number of rotatable bonds is 2. The SMILES string of the molecule is CC(C)(C)OC(=O)N(C(=O)O)c1cc(F)cc(F)c1[N+](=O)[O-]. The van der Waals surface area contributed by atoms with E-state index in [4.69, 9.17) is 9.84 Å². The topological polar surface area (TPSA) is 110 Å². The monoisotopic (exact) mass is 318 g/mol. The summed E-state index contributed by atoms with van der Waals surface area (Å²) in [5, 5.41) is 19.9. The van der Waals surface area contributed by atoms with Gasteiger partial charge in [0.25, 0.3) is 0 Å². The highest BCUT2D eigenvalue weighted by Crippen LogP contribution is 2.33. The lowest BCUT2D eigenvalue weighted by atomic mass is 10.2. The average Bonchev–Trinajstić information content (AvgIpc) is 2.23. The Hall–Kier alpha value is -2.78. The van der Waals surface area contributed by atoms with E-state index in [2.05, 4.69) is 0 Å². The van der Waals surface area contributed by atoms with Crippen LogP contribution in [0, 0.1) is 21.7 Å². The molecule has 0 unspecified atom stereocenters. The number of hydrogen-bond donors (Lipinski definition) is 1. The smallest absolute Gasteiger partial charge is 0.424 e. The van der Waals surface area contributed by atoms with Crippen LogP contribution in [0.1, 0.15) is 20.8 Å². The van der Waals surface area contributed by atoms with E-state index in [-0.39, 0.29) is 11.0 Å². The first-order valence-electron chi connectivity index (χ1n) is 5.83. The number of nitro groups is 1. The van der Waals surface area contributed by atoms with Crippen LogP contribution in [-0.4, -0.2) is 27.8 Å². The van der Waals surface area contributed by atoms with Crippen LogP contribution in [0.3, 0.4) is 0 Å². The van der Waals surface area contributed by atoms with Gasteiger partial charge < -0.3 is 9.84 Å². The van der Waals surface area contributed by atoms with Crippen molar-refractivity contribution >= 4 is 23.6 Å². The zero-order valence-corrected chi connectivity index (χ0v) is 11.8. The van der Waals surface area contributed by atoms with E-state index in [1.807, 2.05) is 0 Å². The van der Waals surface area contributed by atoms with Crippen LogP contribution in [0.15, 0.2) is 12.1 Å².